The molecule has 0 unspecified atom stereocenters. The molecule has 0 bridgehead atoms. The van der Waals surface area contributed by atoms with Crippen molar-refractivity contribution in [1.29, 1.82) is 0 Å². The van der Waals surface area contributed by atoms with Crippen molar-refractivity contribution in [3.63, 3.8) is 0 Å². The Kier molecular flexibility index (Phi) is 2.22. The van der Waals surface area contributed by atoms with Gasteiger partial charge < -0.3 is 11.5 Å². The molecular formula is C15H10N4O4. The summed E-state index contributed by atoms with van der Waals surface area (Å²) in [4.78, 5) is 50.0. The SMILES string of the molecule is CN1C(=O)c2ccc3c4c(c(N)c(N)c(c24)C1=O)C(=O)NC3=O. The van der Waals surface area contributed by atoms with Gasteiger partial charge in [-0.25, -0.2) is 0 Å². The molecule has 2 aliphatic heterocycles. The highest BCUT2D eigenvalue weighted by molar-refractivity contribution is 6.36. The summed E-state index contributed by atoms with van der Waals surface area (Å²) >= 11 is 0. The first-order valence-corrected chi connectivity index (χ1v) is 6.70. The van der Waals surface area contributed by atoms with Crippen molar-refractivity contribution in [3.05, 3.63) is 34.4 Å². The van der Waals surface area contributed by atoms with Gasteiger partial charge in [0.25, 0.3) is 23.6 Å². The van der Waals surface area contributed by atoms with Crippen LogP contribution in [0.1, 0.15) is 41.4 Å². The molecule has 8 nitrogen and oxygen atoms in total. The number of nitrogens with two attached hydrogens (primary N) is 2. The normalized spacial score (nSPS) is 16.1. The van der Waals surface area contributed by atoms with Gasteiger partial charge in [0.1, 0.15) is 0 Å². The molecule has 2 aromatic rings. The smallest absolute Gasteiger partial charge is 0.263 e. The summed E-state index contributed by atoms with van der Waals surface area (Å²) in [7, 11) is 1.33. The van der Waals surface area contributed by atoms with Crippen molar-refractivity contribution in [2.45, 2.75) is 0 Å². The van der Waals surface area contributed by atoms with Crippen LogP contribution in [0.2, 0.25) is 0 Å². The van der Waals surface area contributed by atoms with E-state index in [-0.39, 0.29) is 44.4 Å². The van der Waals surface area contributed by atoms with Gasteiger partial charge in [0.05, 0.1) is 22.5 Å². The van der Waals surface area contributed by atoms with E-state index in [4.69, 9.17) is 11.5 Å². The summed E-state index contributed by atoms with van der Waals surface area (Å²) < 4.78 is 0. The molecule has 4 amide bonds. The number of nitrogens with one attached hydrogen (secondary N) is 1. The zero-order valence-corrected chi connectivity index (χ0v) is 11.9. The number of amides is 4. The minimum Gasteiger partial charge on any atom is -0.396 e. The number of benzene rings is 2. The first-order valence-electron chi connectivity index (χ1n) is 6.70. The zero-order chi connectivity index (χ0) is 16.6. The van der Waals surface area contributed by atoms with E-state index in [2.05, 4.69) is 5.32 Å². The van der Waals surface area contributed by atoms with Crippen LogP contribution < -0.4 is 16.8 Å². The number of hydrogen-bond donors (Lipinski definition) is 3. The highest BCUT2D eigenvalue weighted by Gasteiger charge is 2.38. The maximum absolute atomic E-state index is 12.5. The number of carbonyl (C=O) groups is 4. The Bertz CT molecular complexity index is 1010. The Labute approximate surface area is 129 Å². The Morgan fingerprint density at radius 2 is 1.39 bits per heavy atom. The fourth-order valence-electron chi connectivity index (χ4n) is 3.16. The zero-order valence-electron chi connectivity index (χ0n) is 11.9. The Morgan fingerprint density at radius 3 is 2.09 bits per heavy atom. The summed E-state index contributed by atoms with van der Waals surface area (Å²) in [6, 6.07) is 2.88. The molecule has 4 rings (SSSR count). The largest absolute Gasteiger partial charge is 0.396 e. The predicted octanol–water partition coefficient (Wildman–Crippen LogP) is 0.114. The Balaban J connectivity index is 2.35. The lowest BCUT2D eigenvalue weighted by molar-refractivity contribution is 0.0649. The van der Waals surface area contributed by atoms with E-state index in [9.17, 15) is 19.2 Å². The molecule has 0 aliphatic carbocycles. The van der Waals surface area contributed by atoms with Gasteiger partial charge in [-0.1, -0.05) is 0 Å². The van der Waals surface area contributed by atoms with Crippen LogP contribution in [0, 0.1) is 0 Å². The van der Waals surface area contributed by atoms with Crippen LogP contribution in [0.3, 0.4) is 0 Å². The number of nitrogens with zero attached hydrogens (tertiary/aromatic N) is 1. The number of imide groups is 2. The maximum atomic E-state index is 12.5. The van der Waals surface area contributed by atoms with E-state index < -0.39 is 23.6 Å². The first-order chi connectivity index (χ1) is 10.8. The van der Waals surface area contributed by atoms with E-state index in [0.29, 0.717) is 0 Å². The van der Waals surface area contributed by atoms with Gasteiger partial charge in [0, 0.05) is 28.9 Å². The maximum Gasteiger partial charge on any atom is 0.263 e. The molecule has 0 atom stereocenters. The van der Waals surface area contributed by atoms with Gasteiger partial charge in [-0.2, -0.15) is 0 Å². The van der Waals surface area contributed by atoms with E-state index in [0.717, 1.165) is 4.90 Å². The minimum absolute atomic E-state index is 0.0165. The number of nitrogen functional groups attached to an aromatic ring is 2. The fourth-order valence-corrected chi connectivity index (χ4v) is 3.16. The van der Waals surface area contributed by atoms with Crippen LogP contribution in [0.15, 0.2) is 12.1 Å². The molecular weight excluding hydrogens is 300 g/mol. The van der Waals surface area contributed by atoms with Gasteiger partial charge in [-0.3, -0.25) is 29.4 Å². The molecule has 23 heavy (non-hydrogen) atoms. The highest BCUT2D eigenvalue weighted by Crippen LogP contribution is 2.42. The minimum atomic E-state index is -0.700. The fraction of sp³-hybridized carbons (Fsp3) is 0.0667. The predicted molar refractivity (Wildman–Crippen MR) is 81.0 cm³/mol. The number of hydrogen-bond acceptors (Lipinski definition) is 6. The van der Waals surface area contributed by atoms with E-state index in [1.807, 2.05) is 0 Å². The van der Waals surface area contributed by atoms with Crippen LogP contribution in [0.4, 0.5) is 11.4 Å². The molecule has 0 spiro atoms. The molecule has 5 N–H and O–H groups in total. The molecule has 8 heteroatoms. The van der Waals surface area contributed by atoms with Crippen molar-refractivity contribution in [1.82, 2.24) is 10.2 Å². The van der Waals surface area contributed by atoms with Crippen LogP contribution in [0.5, 0.6) is 0 Å². The second-order valence-corrected chi connectivity index (χ2v) is 5.44. The van der Waals surface area contributed by atoms with E-state index in [1.54, 1.807) is 0 Å². The van der Waals surface area contributed by atoms with Crippen molar-refractivity contribution in [3.8, 4) is 0 Å². The molecule has 0 saturated heterocycles. The second-order valence-electron chi connectivity index (χ2n) is 5.44. The molecule has 0 aromatic heterocycles. The van der Waals surface area contributed by atoms with E-state index >= 15 is 0 Å². The Hall–Kier alpha value is -3.42. The van der Waals surface area contributed by atoms with Crippen LogP contribution >= 0.6 is 0 Å². The molecule has 0 saturated carbocycles. The number of anilines is 2. The van der Waals surface area contributed by atoms with Crippen LogP contribution in [0.25, 0.3) is 10.8 Å². The lowest BCUT2D eigenvalue weighted by Gasteiger charge is -2.29. The topological polar surface area (TPSA) is 136 Å². The molecule has 0 fully saturated rings. The molecule has 114 valence electrons. The third-order valence-electron chi connectivity index (χ3n) is 4.29. The quantitative estimate of drug-likeness (QED) is 0.467. The summed E-state index contributed by atoms with van der Waals surface area (Å²) in [6.07, 6.45) is 0. The number of rotatable bonds is 0. The van der Waals surface area contributed by atoms with E-state index in [1.165, 1.54) is 19.2 Å². The summed E-state index contributed by atoms with van der Waals surface area (Å²) in [5, 5.41) is 2.59. The second kappa shape index (κ2) is 3.86. The van der Waals surface area contributed by atoms with Gasteiger partial charge >= 0.3 is 0 Å². The molecule has 2 heterocycles. The van der Waals surface area contributed by atoms with Crippen molar-refractivity contribution in [2.75, 3.05) is 18.5 Å². The summed E-state index contributed by atoms with van der Waals surface area (Å²) in [5.74, 6) is -2.45. The third-order valence-corrected chi connectivity index (χ3v) is 4.29. The average molecular weight is 310 g/mol. The summed E-state index contributed by atoms with van der Waals surface area (Å²) in [5.41, 5.74) is 12.2. The first kappa shape index (κ1) is 13.3. The van der Waals surface area contributed by atoms with Gasteiger partial charge in [0.15, 0.2) is 0 Å². The van der Waals surface area contributed by atoms with Crippen molar-refractivity contribution in [2.24, 2.45) is 0 Å². The average Bonchev–Trinajstić information content (AvgIpc) is 2.51. The van der Waals surface area contributed by atoms with Gasteiger partial charge in [0.2, 0.25) is 0 Å². The lowest BCUT2D eigenvalue weighted by atomic mass is 9.84. The van der Waals surface area contributed by atoms with Crippen LogP contribution in [-0.2, 0) is 0 Å². The Morgan fingerprint density at radius 1 is 0.826 bits per heavy atom. The summed E-state index contributed by atoms with van der Waals surface area (Å²) in [6.45, 7) is 0. The standard InChI is InChI=1S/C15H10N4O4/c1-19-14(22)5-3-2-4-6-7(5)9(15(19)23)11(17)10(16)8(6)13(21)18-12(4)20/h2-3H,16-17H2,1H3,(H,18,20,21). The molecule has 2 aliphatic rings. The number of carbonyl (C=O) groups excluding carboxylic acids is 4. The van der Waals surface area contributed by atoms with Crippen molar-refractivity contribution >= 4 is 45.8 Å². The highest BCUT2D eigenvalue weighted by atomic mass is 16.2. The molecule has 0 radical (unpaired) electrons. The molecule has 2 aromatic carbocycles. The third kappa shape index (κ3) is 1.35. The van der Waals surface area contributed by atoms with Gasteiger partial charge in [-0.15, -0.1) is 0 Å². The van der Waals surface area contributed by atoms with Gasteiger partial charge in [-0.05, 0) is 12.1 Å². The monoisotopic (exact) mass is 310 g/mol. The lowest BCUT2D eigenvalue weighted by Crippen LogP contribution is -2.40. The van der Waals surface area contributed by atoms with Crippen molar-refractivity contribution < 1.29 is 19.2 Å². The van der Waals surface area contributed by atoms with Crippen LogP contribution in [-0.4, -0.2) is 35.6 Å².